The number of fused-ring (bicyclic) bond motifs is 1. The topological polar surface area (TPSA) is 137 Å². The van der Waals surface area contributed by atoms with Crippen LogP contribution in [-0.2, 0) is 22.5 Å². The van der Waals surface area contributed by atoms with Gasteiger partial charge >= 0.3 is 5.97 Å². The lowest BCUT2D eigenvalue weighted by Gasteiger charge is -2.33. The van der Waals surface area contributed by atoms with Crippen molar-refractivity contribution < 1.29 is 32.2 Å². The summed E-state index contributed by atoms with van der Waals surface area (Å²) < 4.78 is 60.0. The average Bonchev–Trinajstić information content (AvgIpc) is 3.68. The first-order chi connectivity index (χ1) is 23.6. The molecule has 0 bridgehead atoms. The summed E-state index contributed by atoms with van der Waals surface area (Å²) in [4.78, 5) is 18.2. The molecular formula is C35H38F2N6O5S. The van der Waals surface area contributed by atoms with Crippen molar-refractivity contribution in [3.8, 4) is 28.1 Å². The molecule has 1 unspecified atom stereocenters. The number of hydrogen-bond acceptors (Lipinski definition) is 7. The van der Waals surface area contributed by atoms with Gasteiger partial charge < -0.3 is 19.7 Å². The van der Waals surface area contributed by atoms with E-state index < -0.39 is 28.9 Å². The van der Waals surface area contributed by atoms with Gasteiger partial charge in [-0.2, -0.15) is 0 Å². The van der Waals surface area contributed by atoms with Gasteiger partial charge in [-0.25, -0.2) is 17.8 Å². The Bertz CT molecular complexity index is 1940. The highest BCUT2D eigenvalue weighted by Crippen LogP contribution is 2.36. The van der Waals surface area contributed by atoms with E-state index in [9.17, 15) is 23.1 Å². The number of ether oxygens (including phenoxy) is 1. The first-order valence-electron chi connectivity index (χ1n) is 16.1. The minimum absolute atomic E-state index is 0.0366. The molecule has 6 rings (SSSR count). The molecule has 0 saturated carbocycles. The number of rotatable bonds is 12. The Balaban J connectivity index is 1.08. The third-order valence-electron chi connectivity index (χ3n) is 8.67. The Hall–Kier alpha value is -4.66. The number of aromatic amines is 1. The van der Waals surface area contributed by atoms with Crippen molar-refractivity contribution in [2.24, 2.45) is 11.8 Å². The molecule has 0 aliphatic carbocycles. The van der Waals surface area contributed by atoms with Gasteiger partial charge in [0, 0.05) is 42.2 Å². The van der Waals surface area contributed by atoms with E-state index >= 15 is 4.39 Å². The fourth-order valence-corrected chi connectivity index (χ4v) is 6.72. The second kappa shape index (κ2) is 14.8. The van der Waals surface area contributed by atoms with E-state index in [-0.39, 0.29) is 47.7 Å². The maximum Gasteiger partial charge on any atom is 0.355 e. The molecule has 3 aromatic carbocycles. The Kier molecular flexibility index (Phi) is 10.4. The van der Waals surface area contributed by atoms with Crippen LogP contribution in [0.15, 0.2) is 66.9 Å². The molecule has 14 heteroatoms. The summed E-state index contributed by atoms with van der Waals surface area (Å²) in [5, 5.41) is 19.8. The van der Waals surface area contributed by atoms with Crippen LogP contribution in [0.2, 0.25) is 0 Å². The van der Waals surface area contributed by atoms with Crippen molar-refractivity contribution >= 4 is 33.8 Å². The lowest BCUT2D eigenvalue weighted by molar-refractivity contribution is 0.0454. The highest BCUT2D eigenvalue weighted by molar-refractivity contribution is 7.80. The lowest BCUT2D eigenvalue weighted by Crippen LogP contribution is -2.41. The molecule has 49 heavy (non-hydrogen) atoms. The number of piperidine rings is 1. The molecule has 2 aromatic heterocycles. The zero-order chi connectivity index (χ0) is 34.7. The Morgan fingerprint density at radius 2 is 1.86 bits per heavy atom. The Morgan fingerprint density at radius 1 is 1.10 bits per heavy atom. The summed E-state index contributed by atoms with van der Waals surface area (Å²) in [6, 6.07) is 15.4. The number of esters is 1. The van der Waals surface area contributed by atoms with Crippen molar-refractivity contribution in [3.05, 3.63) is 84.2 Å². The number of likely N-dealkylation sites (tertiary alicyclic amines) is 1. The van der Waals surface area contributed by atoms with Gasteiger partial charge in [0.1, 0.15) is 28.8 Å². The Morgan fingerprint density at radius 3 is 2.55 bits per heavy atom. The summed E-state index contributed by atoms with van der Waals surface area (Å²) in [6.07, 6.45) is 3.43. The highest BCUT2D eigenvalue weighted by atomic mass is 32.2. The standard InChI is InChI=1S/C35H38F2N6O5S/c1-22(2)21-48-35(45)34-33(27-16-25(36)8-9-29(27)38-34)30-20-42(40-39-30)19-23-10-12-41(13-11-23)14-15-43(49(46)47)26-17-28(37)32(31(44)18-26)24-6-4-3-5-7-24/h3-9,16-18,20,22-23,38,44H,10-15,19,21H2,1-2H3,(H,46,47). The van der Waals surface area contributed by atoms with Crippen LogP contribution < -0.4 is 4.31 Å². The third kappa shape index (κ3) is 7.82. The number of benzene rings is 3. The fraction of sp³-hybridized carbons (Fsp3) is 0.343. The van der Waals surface area contributed by atoms with Gasteiger partial charge in [0.2, 0.25) is 0 Å². The molecule has 1 saturated heterocycles. The quantitative estimate of drug-likeness (QED) is 0.103. The maximum absolute atomic E-state index is 15.1. The largest absolute Gasteiger partial charge is 0.507 e. The van der Waals surface area contributed by atoms with Crippen LogP contribution in [0, 0.1) is 23.5 Å². The van der Waals surface area contributed by atoms with E-state index in [4.69, 9.17) is 4.74 Å². The van der Waals surface area contributed by atoms with Gasteiger partial charge in [-0.3, -0.25) is 13.5 Å². The third-order valence-corrected chi connectivity index (χ3v) is 9.44. The minimum Gasteiger partial charge on any atom is -0.507 e. The van der Waals surface area contributed by atoms with Crippen LogP contribution in [0.5, 0.6) is 5.75 Å². The van der Waals surface area contributed by atoms with Gasteiger partial charge in [0.15, 0.2) is 0 Å². The van der Waals surface area contributed by atoms with Crippen molar-refractivity contribution in [3.63, 3.8) is 0 Å². The van der Waals surface area contributed by atoms with Crippen molar-refractivity contribution in [2.75, 3.05) is 37.1 Å². The summed E-state index contributed by atoms with van der Waals surface area (Å²) in [5.41, 5.74) is 2.32. The zero-order valence-electron chi connectivity index (χ0n) is 27.2. The first kappa shape index (κ1) is 34.2. The number of nitrogens with zero attached hydrogens (tertiary/aromatic N) is 5. The van der Waals surface area contributed by atoms with Crippen LogP contribution in [-0.4, -0.2) is 77.5 Å². The molecule has 1 aliphatic rings. The van der Waals surface area contributed by atoms with Gasteiger partial charge in [0.05, 0.1) is 24.1 Å². The van der Waals surface area contributed by atoms with Crippen LogP contribution in [0.1, 0.15) is 37.2 Å². The van der Waals surface area contributed by atoms with E-state index in [0.717, 1.165) is 30.2 Å². The normalized spacial score (nSPS) is 14.8. The summed E-state index contributed by atoms with van der Waals surface area (Å²) >= 11 is -2.43. The van der Waals surface area contributed by atoms with Gasteiger partial charge in [-0.1, -0.05) is 49.4 Å². The number of hydrogen-bond donors (Lipinski definition) is 3. The SMILES string of the molecule is CC(C)COC(=O)c1[nH]c2ccc(F)cc2c1-c1cn(CC2CCN(CCN(c3cc(O)c(-c4ccccc4)c(F)c3)S(=O)O)CC2)nn1. The number of carbonyl (C=O) groups excluding carboxylic acids is 1. The van der Waals surface area contributed by atoms with E-state index in [1.165, 1.54) is 24.3 Å². The Labute approximate surface area is 284 Å². The number of halogens is 2. The maximum atomic E-state index is 15.1. The number of anilines is 1. The summed E-state index contributed by atoms with van der Waals surface area (Å²) in [7, 11) is 0. The number of aromatic hydroxyl groups is 1. The van der Waals surface area contributed by atoms with Crippen LogP contribution in [0.4, 0.5) is 14.5 Å². The zero-order valence-corrected chi connectivity index (χ0v) is 28.0. The summed E-state index contributed by atoms with van der Waals surface area (Å²) in [6.45, 7) is 6.79. The monoisotopic (exact) mass is 692 g/mol. The lowest BCUT2D eigenvalue weighted by atomic mass is 9.97. The molecule has 1 aliphatic heterocycles. The van der Waals surface area contributed by atoms with Gasteiger partial charge in [-0.05, 0) is 67.6 Å². The minimum atomic E-state index is -2.43. The number of H-pyrrole nitrogens is 1. The molecule has 258 valence electrons. The number of nitrogens with one attached hydrogen (secondary N) is 1. The molecule has 11 nitrogen and oxygen atoms in total. The van der Waals surface area contributed by atoms with Crippen LogP contribution in [0.3, 0.4) is 0 Å². The van der Waals surface area contributed by atoms with Crippen LogP contribution >= 0.6 is 0 Å². The van der Waals surface area contributed by atoms with E-state index in [1.807, 2.05) is 13.8 Å². The molecular weight excluding hydrogens is 654 g/mol. The van der Waals surface area contributed by atoms with Gasteiger partial charge in [-0.15, -0.1) is 5.10 Å². The average molecular weight is 693 g/mol. The highest BCUT2D eigenvalue weighted by Gasteiger charge is 2.26. The molecule has 0 radical (unpaired) electrons. The molecule has 1 fully saturated rings. The van der Waals surface area contributed by atoms with Crippen molar-refractivity contribution in [1.29, 1.82) is 0 Å². The smallest absolute Gasteiger partial charge is 0.355 e. The second-order valence-electron chi connectivity index (χ2n) is 12.7. The predicted octanol–water partition coefficient (Wildman–Crippen LogP) is 6.25. The molecule has 1 atom stereocenters. The number of carbonyl (C=O) groups is 1. The summed E-state index contributed by atoms with van der Waals surface area (Å²) in [5.74, 6) is -1.55. The van der Waals surface area contributed by atoms with E-state index in [2.05, 4.69) is 20.2 Å². The molecule has 0 spiro atoms. The first-order valence-corrected chi connectivity index (χ1v) is 17.2. The van der Waals surface area contributed by atoms with Crippen LogP contribution in [0.25, 0.3) is 33.3 Å². The number of phenolic OH excluding ortho intramolecular Hbond substituents is 1. The number of phenols is 1. The second-order valence-corrected chi connectivity index (χ2v) is 13.6. The molecule has 3 N–H and O–H groups in total. The van der Waals surface area contributed by atoms with E-state index in [1.54, 1.807) is 47.3 Å². The van der Waals surface area contributed by atoms with Gasteiger partial charge in [0.25, 0.3) is 11.3 Å². The van der Waals surface area contributed by atoms with Crippen molar-refractivity contribution in [2.45, 2.75) is 33.2 Å². The number of aromatic nitrogens is 4. The fourth-order valence-electron chi connectivity index (χ4n) is 6.20. The van der Waals surface area contributed by atoms with Crippen molar-refractivity contribution in [1.82, 2.24) is 24.9 Å². The molecule has 3 heterocycles. The molecule has 5 aromatic rings. The molecule has 0 amide bonds. The van der Waals surface area contributed by atoms with E-state index in [0.29, 0.717) is 40.8 Å². The predicted molar refractivity (Wildman–Crippen MR) is 183 cm³/mol.